The van der Waals surface area contributed by atoms with E-state index in [1.165, 1.54) is 17.5 Å². The molecule has 0 atom stereocenters. The number of carbonyl (C=O) groups excluding carboxylic acids is 2. The Morgan fingerprint density at radius 3 is 2.64 bits per heavy atom. The van der Waals surface area contributed by atoms with Crippen molar-refractivity contribution >= 4 is 28.3 Å². The molecule has 1 amide bonds. The Bertz CT molecular complexity index is 972. The summed E-state index contributed by atoms with van der Waals surface area (Å²) in [5.41, 5.74) is 1.23. The lowest BCUT2D eigenvalue weighted by atomic mass is 10.2. The van der Waals surface area contributed by atoms with Crippen LogP contribution in [0.3, 0.4) is 0 Å². The van der Waals surface area contributed by atoms with Gasteiger partial charge in [-0.25, -0.2) is 14.2 Å². The van der Waals surface area contributed by atoms with Crippen LogP contribution in [0.1, 0.15) is 33.3 Å². The van der Waals surface area contributed by atoms with E-state index < -0.39 is 11.9 Å². The monoisotopic (exact) mass is 400 g/mol. The molecule has 0 aliphatic carbocycles. The van der Waals surface area contributed by atoms with Gasteiger partial charge in [0.05, 0.1) is 12.2 Å². The summed E-state index contributed by atoms with van der Waals surface area (Å²) >= 11 is 1.12. The molecule has 0 bridgehead atoms. The van der Waals surface area contributed by atoms with Gasteiger partial charge in [0.15, 0.2) is 10.8 Å². The molecule has 3 rings (SSSR count). The molecular formula is C20H17FN2O4S. The molecule has 2 aromatic carbocycles. The Kier molecular flexibility index (Phi) is 6.33. The van der Waals surface area contributed by atoms with Gasteiger partial charge in [-0.1, -0.05) is 24.3 Å². The number of esters is 1. The fraction of sp³-hybridized carbons (Fsp3) is 0.150. The Morgan fingerprint density at radius 1 is 1.14 bits per heavy atom. The van der Waals surface area contributed by atoms with E-state index in [4.69, 9.17) is 9.47 Å². The summed E-state index contributed by atoms with van der Waals surface area (Å²) in [7, 11) is 0. The minimum Gasteiger partial charge on any atom is -0.488 e. The van der Waals surface area contributed by atoms with E-state index in [0.717, 1.165) is 16.9 Å². The molecule has 0 radical (unpaired) electrons. The van der Waals surface area contributed by atoms with E-state index in [1.54, 1.807) is 43.3 Å². The number of rotatable bonds is 7. The van der Waals surface area contributed by atoms with Gasteiger partial charge < -0.3 is 9.47 Å². The van der Waals surface area contributed by atoms with Gasteiger partial charge in [-0.3, -0.25) is 10.1 Å². The normalized spacial score (nSPS) is 10.4. The van der Waals surface area contributed by atoms with Crippen LogP contribution in [0.5, 0.6) is 5.75 Å². The third-order valence-electron chi connectivity index (χ3n) is 3.65. The van der Waals surface area contributed by atoms with Crippen LogP contribution in [-0.4, -0.2) is 23.5 Å². The molecule has 0 aliphatic rings. The van der Waals surface area contributed by atoms with Crippen LogP contribution in [0.2, 0.25) is 0 Å². The van der Waals surface area contributed by atoms with Crippen LogP contribution in [0.15, 0.2) is 53.9 Å². The second kappa shape index (κ2) is 9.09. The predicted molar refractivity (Wildman–Crippen MR) is 103 cm³/mol. The molecule has 28 heavy (non-hydrogen) atoms. The number of anilines is 1. The van der Waals surface area contributed by atoms with Crippen LogP contribution >= 0.6 is 11.3 Å². The van der Waals surface area contributed by atoms with Gasteiger partial charge in [0.2, 0.25) is 0 Å². The number of amides is 1. The maximum Gasteiger partial charge on any atom is 0.357 e. The van der Waals surface area contributed by atoms with E-state index in [-0.39, 0.29) is 29.9 Å². The second-order valence-electron chi connectivity index (χ2n) is 5.62. The van der Waals surface area contributed by atoms with Gasteiger partial charge in [-0.15, -0.1) is 11.3 Å². The van der Waals surface area contributed by atoms with Crippen LogP contribution < -0.4 is 10.1 Å². The van der Waals surface area contributed by atoms with Gasteiger partial charge in [-0.2, -0.15) is 0 Å². The third-order valence-corrected chi connectivity index (χ3v) is 4.41. The highest BCUT2D eigenvalue weighted by molar-refractivity contribution is 7.14. The predicted octanol–water partition coefficient (Wildman–Crippen LogP) is 4.29. The molecule has 1 aromatic heterocycles. The standard InChI is InChI=1S/C20H17FN2O4S/c1-2-26-19(25)16-12-28-20(22-16)23-18(24)15-5-3-4-6-17(15)27-11-13-7-9-14(21)10-8-13/h3-10,12H,2,11H2,1H3,(H,22,23,24). The fourth-order valence-corrected chi connectivity index (χ4v) is 2.99. The molecule has 0 unspecified atom stereocenters. The summed E-state index contributed by atoms with van der Waals surface area (Å²) in [5, 5.41) is 4.45. The maximum absolute atomic E-state index is 13.0. The molecule has 0 spiro atoms. The second-order valence-corrected chi connectivity index (χ2v) is 6.48. The van der Waals surface area contributed by atoms with Gasteiger partial charge >= 0.3 is 5.97 Å². The van der Waals surface area contributed by atoms with Gasteiger partial charge in [0, 0.05) is 5.38 Å². The Hall–Kier alpha value is -3.26. The van der Waals surface area contributed by atoms with E-state index in [9.17, 15) is 14.0 Å². The van der Waals surface area contributed by atoms with Crippen LogP contribution in [-0.2, 0) is 11.3 Å². The number of hydrogen-bond donors (Lipinski definition) is 1. The van der Waals surface area contributed by atoms with Crippen molar-refractivity contribution in [3.8, 4) is 5.75 Å². The van der Waals surface area contributed by atoms with E-state index in [0.29, 0.717) is 11.3 Å². The molecule has 0 saturated heterocycles. The Balaban J connectivity index is 1.68. The number of aromatic nitrogens is 1. The first-order valence-corrected chi connectivity index (χ1v) is 9.35. The lowest BCUT2D eigenvalue weighted by molar-refractivity contribution is 0.0520. The summed E-state index contributed by atoms with van der Waals surface area (Å²) in [5.74, 6) is -0.901. The average Bonchev–Trinajstić information content (AvgIpc) is 3.16. The lowest BCUT2D eigenvalue weighted by Crippen LogP contribution is -2.14. The van der Waals surface area contributed by atoms with Gasteiger partial charge in [0.25, 0.3) is 5.91 Å². The number of carbonyl (C=O) groups is 2. The molecule has 0 fully saturated rings. The molecule has 6 nitrogen and oxygen atoms in total. The number of thiazole rings is 1. The minimum atomic E-state index is -0.540. The van der Waals surface area contributed by atoms with Crippen molar-refractivity contribution in [1.29, 1.82) is 0 Å². The first-order valence-electron chi connectivity index (χ1n) is 8.47. The van der Waals surface area contributed by atoms with Crippen molar-refractivity contribution in [3.05, 3.63) is 76.5 Å². The number of hydrogen-bond acceptors (Lipinski definition) is 6. The molecule has 1 N–H and O–H groups in total. The van der Waals surface area contributed by atoms with E-state index in [1.807, 2.05) is 0 Å². The minimum absolute atomic E-state index is 0.142. The summed E-state index contributed by atoms with van der Waals surface area (Å²) in [6, 6.07) is 12.7. The molecule has 1 heterocycles. The third kappa shape index (κ3) is 4.92. The molecule has 8 heteroatoms. The highest BCUT2D eigenvalue weighted by atomic mass is 32.1. The topological polar surface area (TPSA) is 77.5 Å². The van der Waals surface area contributed by atoms with E-state index >= 15 is 0 Å². The maximum atomic E-state index is 13.0. The SMILES string of the molecule is CCOC(=O)c1csc(NC(=O)c2ccccc2OCc2ccc(F)cc2)n1. The molecule has 0 aliphatic heterocycles. The number of benzene rings is 2. The summed E-state index contributed by atoms with van der Waals surface area (Å²) in [6.45, 7) is 2.14. The smallest absolute Gasteiger partial charge is 0.357 e. The number of ether oxygens (including phenoxy) is 2. The van der Waals surface area contributed by atoms with Crippen molar-refractivity contribution in [1.82, 2.24) is 4.98 Å². The summed E-state index contributed by atoms with van der Waals surface area (Å²) < 4.78 is 23.6. The largest absolute Gasteiger partial charge is 0.488 e. The van der Waals surface area contributed by atoms with Crippen LogP contribution in [0.25, 0.3) is 0 Å². The van der Waals surface area contributed by atoms with Crippen LogP contribution in [0.4, 0.5) is 9.52 Å². The average molecular weight is 400 g/mol. The zero-order valence-corrected chi connectivity index (χ0v) is 15.8. The first kappa shape index (κ1) is 19.5. The van der Waals surface area contributed by atoms with Crippen molar-refractivity contribution in [2.75, 3.05) is 11.9 Å². The fourth-order valence-electron chi connectivity index (χ4n) is 2.32. The van der Waals surface area contributed by atoms with Crippen molar-refractivity contribution in [2.24, 2.45) is 0 Å². The van der Waals surface area contributed by atoms with Crippen LogP contribution in [0, 0.1) is 5.82 Å². The van der Waals surface area contributed by atoms with Gasteiger partial charge in [-0.05, 0) is 36.8 Å². The highest BCUT2D eigenvalue weighted by Crippen LogP contribution is 2.23. The summed E-state index contributed by atoms with van der Waals surface area (Å²) in [4.78, 5) is 28.3. The highest BCUT2D eigenvalue weighted by Gasteiger charge is 2.16. The molecule has 144 valence electrons. The number of para-hydroxylation sites is 1. The molecule has 0 saturated carbocycles. The first-order chi connectivity index (χ1) is 13.6. The zero-order chi connectivity index (χ0) is 19.9. The van der Waals surface area contributed by atoms with Crippen molar-refractivity contribution in [3.63, 3.8) is 0 Å². The number of nitrogens with one attached hydrogen (secondary N) is 1. The molecule has 3 aromatic rings. The number of nitrogens with zero attached hydrogens (tertiary/aromatic N) is 1. The van der Waals surface area contributed by atoms with Crippen molar-refractivity contribution in [2.45, 2.75) is 13.5 Å². The number of halogens is 1. The zero-order valence-electron chi connectivity index (χ0n) is 15.0. The van der Waals surface area contributed by atoms with Gasteiger partial charge in [0.1, 0.15) is 18.2 Å². The molecular weight excluding hydrogens is 383 g/mol. The lowest BCUT2D eigenvalue weighted by Gasteiger charge is -2.11. The Morgan fingerprint density at radius 2 is 1.89 bits per heavy atom. The van der Waals surface area contributed by atoms with Crippen molar-refractivity contribution < 1.29 is 23.5 Å². The Labute approximate surface area is 164 Å². The quantitative estimate of drug-likeness (QED) is 0.599. The summed E-state index contributed by atoms with van der Waals surface area (Å²) in [6.07, 6.45) is 0. The van der Waals surface area contributed by atoms with E-state index in [2.05, 4.69) is 10.3 Å².